The Kier molecular flexibility index (Phi) is 4.06. The molecule has 0 atom stereocenters. The molecular formula is C15H17NO4S. The Bertz CT molecular complexity index is 695. The van der Waals surface area contributed by atoms with Gasteiger partial charge in [0.2, 0.25) is 0 Å². The van der Waals surface area contributed by atoms with E-state index >= 15 is 0 Å². The van der Waals surface area contributed by atoms with Crippen LogP contribution in [0.15, 0.2) is 24.3 Å². The Labute approximate surface area is 124 Å². The summed E-state index contributed by atoms with van der Waals surface area (Å²) in [5.41, 5.74) is -0.292. The number of aromatic carboxylic acids is 1. The van der Waals surface area contributed by atoms with Crippen LogP contribution in [0.2, 0.25) is 0 Å². The number of hydrogen-bond donors (Lipinski definition) is 1. The maximum atomic E-state index is 11.6. The molecule has 0 aromatic heterocycles. The molecule has 0 unspecified atom stereocenters. The summed E-state index contributed by atoms with van der Waals surface area (Å²) in [5.74, 6) is -1.06. The molecule has 1 aromatic carbocycles. The summed E-state index contributed by atoms with van der Waals surface area (Å²) in [5, 5.41) is 18.4. The van der Waals surface area contributed by atoms with Crippen LogP contribution in [-0.4, -0.2) is 31.0 Å². The summed E-state index contributed by atoms with van der Waals surface area (Å²) in [6, 6.07) is 8.73. The number of hydrogen-bond acceptors (Lipinski definition) is 4. The van der Waals surface area contributed by atoms with Crippen LogP contribution in [-0.2, 0) is 15.3 Å². The molecule has 1 fully saturated rings. The van der Waals surface area contributed by atoms with Gasteiger partial charge >= 0.3 is 5.97 Å². The Balaban J connectivity index is 2.39. The van der Waals surface area contributed by atoms with Crippen LogP contribution in [0.5, 0.6) is 0 Å². The highest BCUT2D eigenvalue weighted by Crippen LogP contribution is 2.42. The molecule has 0 bridgehead atoms. The normalized spacial score (nSPS) is 26.0. The van der Waals surface area contributed by atoms with Crippen LogP contribution in [0, 0.1) is 11.3 Å². The van der Waals surface area contributed by atoms with Crippen LogP contribution in [0.1, 0.15) is 41.6 Å². The van der Waals surface area contributed by atoms with Gasteiger partial charge in [-0.3, -0.25) is 0 Å². The standard InChI is InChI=1S/C15H17NO4S/c1-21(19,20)11-6-8-15(10-16,9-7-11)13-5-3-2-4-12(13)14(17)18/h2-5,11H,6-9H2,1H3,(H,17,18). The second-order valence-electron chi connectivity index (χ2n) is 5.57. The highest BCUT2D eigenvalue weighted by Gasteiger charge is 2.41. The van der Waals surface area contributed by atoms with Crippen molar-refractivity contribution in [3.05, 3.63) is 35.4 Å². The topological polar surface area (TPSA) is 95.2 Å². The summed E-state index contributed by atoms with van der Waals surface area (Å²) in [6.45, 7) is 0. The van der Waals surface area contributed by atoms with Gasteiger partial charge in [0.1, 0.15) is 9.84 Å². The molecule has 112 valence electrons. The molecule has 1 aromatic rings. The summed E-state index contributed by atoms with van der Waals surface area (Å²) in [6.07, 6.45) is 2.72. The fourth-order valence-electron chi connectivity index (χ4n) is 3.04. The molecule has 1 saturated carbocycles. The third-order valence-electron chi connectivity index (χ3n) is 4.28. The first-order chi connectivity index (χ1) is 9.80. The van der Waals surface area contributed by atoms with Gasteiger partial charge in [-0.25, -0.2) is 13.2 Å². The lowest BCUT2D eigenvalue weighted by Crippen LogP contribution is -2.36. The predicted octanol–water partition coefficient (Wildman–Crippen LogP) is 2.13. The van der Waals surface area contributed by atoms with Crippen molar-refractivity contribution >= 4 is 15.8 Å². The average molecular weight is 307 g/mol. The van der Waals surface area contributed by atoms with Gasteiger partial charge < -0.3 is 5.11 Å². The molecule has 0 heterocycles. The quantitative estimate of drug-likeness (QED) is 0.923. The van der Waals surface area contributed by atoms with Gasteiger partial charge in [-0.05, 0) is 37.3 Å². The first-order valence-electron chi connectivity index (χ1n) is 6.73. The molecule has 0 saturated heterocycles. The van der Waals surface area contributed by atoms with Gasteiger partial charge in [-0.15, -0.1) is 0 Å². The number of carbonyl (C=O) groups is 1. The van der Waals surface area contributed by atoms with Gasteiger partial charge in [-0.2, -0.15) is 5.26 Å². The summed E-state index contributed by atoms with van der Waals surface area (Å²) in [4.78, 5) is 11.3. The molecule has 5 nitrogen and oxygen atoms in total. The number of carboxylic acids is 1. The fourth-order valence-corrected chi connectivity index (χ4v) is 4.13. The Morgan fingerprint density at radius 1 is 1.33 bits per heavy atom. The van der Waals surface area contributed by atoms with Crippen molar-refractivity contribution in [1.29, 1.82) is 5.26 Å². The first-order valence-corrected chi connectivity index (χ1v) is 8.68. The van der Waals surface area contributed by atoms with E-state index in [1.807, 2.05) is 0 Å². The third-order valence-corrected chi connectivity index (χ3v) is 5.96. The number of rotatable bonds is 3. The van der Waals surface area contributed by atoms with E-state index in [1.165, 1.54) is 12.3 Å². The zero-order valence-electron chi connectivity index (χ0n) is 11.7. The van der Waals surface area contributed by atoms with E-state index in [2.05, 4.69) is 6.07 Å². The van der Waals surface area contributed by atoms with E-state index in [0.717, 1.165) is 0 Å². The molecule has 1 N–H and O–H groups in total. The molecule has 0 radical (unpaired) electrons. The van der Waals surface area contributed by atoms with E-state index in [0.29, 0.717) is 31.2 Å². The van der Waals surface area contributed by atoms with Crippen LogP contribution < -0.4 is 0 Å². The smallest absolute Gasteiger partial charge is 0.336 e. The highest BCUT2D eigenvalue weighted by atomic mass is 32.2. The summed E-state index contributed by atoms with van der Waals surface area (Å²) < 4.78 is 23.2. The van der Waals surface area contributed by atoms with Crippen LogP contribution in [0.4, 0.5) is 0 Å². The van der Waals surface area contributed by atoms with Crippen molar-refractivity contribution in [2.45, 2.75) is 36.3 Å². The second-order valence-corrected chi connectivity index (χ2v) is 7.90. The minimum atomic E-state index is -3.12. The number of benzene rings is 1. The molecular weight excluding hydrogens is 290 g/mol. The van der Waals surface area contributed by atoms with Gasteiger partial charge in [0.05, 0.1) is 22.3 Å². The van der Waals surface area contributed by atoms with Crippen molar-refractivity contribution in [3.63, 3.8) is 0 Å². The van der Waals surface area contributed by atoms with Gasteiger partial charge in [0.25, 0.3) is 0 Å². The SMILES string of the molecule is CS(=O)(=O)C1CCC(C#N)(c2ccccc2C(=O)O)CC1. The molecule has 1 aliphatic carbocycles. The minimum Gasteiger partial charge on any atom is -0.478 e. The lowest BCUT2D eigenvalue weighted by atomic mass is 9.69. The summed E-state index contributed by atoms with van der Waals surface area (Å²) >= 11 is 0. The number of carboxylic acid groups (broad SMARTS) is 1. The van der Waals surface area contributed by atoms with Crippen molar-refractivity contribution < 1.29 is 18.3 Å². The van der Waals surface area contributed by atoms with Crippen LogP contribution in [0.3, 0.4) is 0 Å². The van der Waals surface area contributed by atoms with E-state index in [9.17, 15) is 23.6 Å². The van der Waals surface area contributed by atoms with Gasteiger partial charge in [0, 0.05) is 6.26 Å². The van der Waals surface area contributed by atoms with Crippen molar-refractivity contribution in [1.82, 2.24) is 0 Å². The molecule has 2 rings (SSSR count). The highest BCUT2D eigenvalue weighted by molar-refractivity contribution is 7.91. The molecule has 0 aliphatic heterocycles. The molecule has 0 amide bonds. The lowest BCUT2D eigenvalue weighted by molar-refractivity contribution is 0.0693. The monoisotopic (exact) mass is 307 g/mol. The Morgan fingerprint density at radius 2 is 1.90 bits per heavy atom. The Hall–Kier alpha value is -1.87. The Morgan fingerprint density at radius 3 is 2.38 bits per heavy atom. The second kappa shape index (κ2) is 5.49. The minimum absolute atomic E-state index is 0.122. The number of sulfone groups is 1. The van der Waals surface area contributed by atoms with E-state index in [-0.39, 0.29) is 5.56 Å². The van der Waals surface area contributed by atoms with E-state index in [4.69, 9.17) is 0 Å². The molecule has 0 spiro atoms. The third kappa shape index (κ3) is 2.93. The number of nitriles is 1. The largest absolute Gasteiger partial charge is 0.478 e. The first kappa shape index (κ1) is 15.5. The lowest BCUT2D eigenvalue weighted by Gasteiger charge is -2.35. The zero-order chi connectivity index (χ0) is 15.7. The maximum Gasteiger partial charge on any atom is 0.336 e. The van der Waals surface area contributed by atoms with Crippen LogP contribution in [0.25, 0.3) is 0 Å². The average Bonchev–Trinajstić information content (AvgIpc) is 2.46. The molecule has 1 aliphatic rings. The summed E-state index contributed by atoms with van der Waals surface area (Å²) in [7, 11) is -3.12. The van der Waals surface area contributed by atoms with E-state index < -0.39 is 26.5 Å². The van der Waals surface area contributed by atoms with Crippen molar-refractivity contribution in [2.75, 3.05) is 6.26 Å². The van der Waals surface area contributed by atoms with Crippen molar-refractivity contribution in [3.8, 4) is 6.07 Å². The van der Waals surface area contributed by atoms with Gasteiger partial charge in [0.15, 0.2) is 0 Å². The van der Waals surface area contributed by atoms with Crippen molar-refractivity contribution in [2.24, 2.45) is 0 Å². The number of nitrogens with zero attached hydrogens (tertiary/aromatic N) is 1. The predicted molar refractivity (Wildman–Crippen MR) is 77.8 cm³/mol. The molecule has 21 heavy (non-hydrogen) atoms. The van der Waals surface area contributed by atoms with Gasteiger partial charge in [-0.1, -0.05) is 18.2 Å². The maximum absolute atomic E-state index is 11.6. The van der Waals surface area contributed by atoms with Crippen LogP contribution >= 0.6 is 0 Å². The fraction of sp³-hybridized carbons (Fsp3) is 0.467. The van der Waals surface area contributed by atoms with E-state index in [1.54, 1.807) is 18.2 Å². The zero-order valence-corrected chi connectivity index (χ0v) is 12.6. The molecule has 6 heteroatoms.